The fourth-order valence-corrected chi connectivity index (χ4v) is 7.25. The van der Waals surface area contributed by atoms with Gasteiger partial charge in [0.05, 0.1) is 10.5 Å². The Morgan fingerprint density at radius 1 is 1.15 bits per heavy atom. The molecule has 1 aromatic rings. The number of benzene rings is 1. The zero-order valence-corrected chi connectivity index (χ0v) is 17.5. The summed E-state index contributed by atoms with van der Waals surface area (Å²) in [4.78, 5) is -0.988. The molecule has 1 unspecified atom stereocenters. The zero-order valence-electron chi connectivity index (χ0n) is 14.0. The van der Waals surface area contributed by atoms with Gasteiger partial charge in [0.15, 0.2) is 29.8 Å². The lowest BCUT2D eigenvalue weighted by Crippen LogP contribution is -2.42. The Morgan fingerprint density at radius 3 is 2.12 bits per heavy atom. The van der Waals surface area contributed by atoms with E-state index in [1.165, 1.54) is 0 Å². The van der Waals surface area contributed by atoms with Crippen LogP contribution in [0.4, 0.5) is 22.0 Å². The third-order valence-electron chi connectivity index (χ3n) is 4.52. The molecule has 0 amide bonds. The van der Waals surface area contributed by atoms with Gasteiger partial charge in [-0.05, 0) is 39.0 Å². The molecule has 26 heavy (non-hydrogen) atoms. The minimum absolute atomic E-state index is 0.174. The van der Waals surface area contributed by atoms with E-state index in [0.717, 1.165) is 18.4 Å². The van der Waals surface area contributed by atoms with Crippen LogP contribution < -0.4 is 0 Å². The second-order valence-electron chi connectivity index (χ2n) is 6.47. The van der Waals surface area contributed by atoms with E-state index >= 15 is 0 Å². The lowest BCUT2D eigenvalue weighted by Gasteiger charge is -2.43. The molecule has 0 aromatic heterocycles. The number of halogens is 5. The van der Waals surface area contributed by atoms with Crippen LogP contribution in [0.1, 0.15) is 33.1 Å². The standard InChI is InChI=1S/C16H18F5OPS3/c1-7(2)8-4-5-16(3,9(24)6-8)22-23(25)26-15-13(20)11(18)10(17)12(19)14(15)21/h8-9,24-25H,1,4-6H2,2-3H3/t8-,9+,16+,23?/m1/s1. The predicted molar refractivity (Wildman–Crippen MR) is 102 cm³/mol. The summed E-state index contributed by atoms with van der Waals surface area (Å²) in [6.45, 7) is 5.85. The van der Waals surface area contributed by atoms with Crippen molar-refractivity contribution in [2.24, 2.45) is 5.92 Å². The van der Waals surface area contributed by atoms with Crippen LogP contribution in [-0.2, 0) is 4.52 Å². The minimum atomic E-state index is -2.19. The molecule has 1 aliphatic rings. The summed E-state index contributed by atoms with van der Waals surface area (Å²) in [6, 6.07) is 0. The lowest BCUT2D eigenvalue weighted by atomic mass is 9.77. The van der Waals surface area contributed by atoms with Crippen molar-refractivity contribution in [3.8, 4) is 0 Å². The van der Waals surface area contributed by atoms with Gasteiger partial charge in [-0.2, -0.15) is 12.6 Å². The summed E-state index contributed by atoms with van der Waals surface area (Å²) in [7, 11) is 0. The van der Waals surface area contributed by atoms with Gasteiger partial charge in [0, 0.05) is 5.25 Å². The Bertz CT molecular complexity index is 691. The maximum atomic E-state index is 13.8. The SMILES string of the molecule is C=C(C)[C@@H]1CC[C@](C)(OP(S)Sc2c(F)c(F)c(F)c(F)c2F)[C@@H](S)C1. The van der Waals surface area contributed by atoms with E-state index in [0.29, 0.717) is 23.7 Å². The molecule has 0 aliphatic heterocycles. The molecule has 0 radical (unpaired) electrons. The molecule has 4 atom stereocenters. The normalized spacial score (nSPS) is 27.4. The van der Waals surface area contributed by atoms with Crippen LogP contribution in [-0.4, -0.2) is 10.9 Å². The molecule has 146 valence electrons. The molecule has 0 saturated heterocycles. The maximum absolute atomic E-state index is 13.8. The van der Waals surface area contributed by atoms with Gasteiger partial charge in [-0.1, -0.05) is 23.5 Å². The largest absolute Gasteiger partial charge is 0.331 e. The number of rotatable bonds is 5. The first-order valence-electron chi connectivity index (χ1n) is 7.69. The second-order valence-corrected chi connectivity index (χ2v) is 11.8. The topological polar surface area (TPSA) is 9.23 Å². The van der Waals surface area contributed by atoms with Crippen LogP contribution in [0.3, 0.4) is 0 Å². The molecular formula is C16H18F5OPS3. The Labute approximate surface area is 165 Å². The highest BCUT2D eigenvalue weighted by Gasteiger charge is 2.41. The summed E-state index contributed by atoms with van der Waals surface area (Å²) in [5.41, 5.74) is 0.328. The van der Waals surface area contributed by atoms with Crippen molar-refractivity contribution < 1.29 is 26.5 Å². The quantitative estimate of drug-likeness (QED) is 0.124. The van der Waals surface area contributed by atoms with Gasteiger partial charge in [-0.15, -0.1) is 12.2 Å². The van der Waals surface area contributed by atoms with E-state index < -0.39 is 46.1 Å². The summed E-state index contributed by atoms with van der Waals surface area (Å²) in [6.07, 6.45) is 2.15. The third kappa shape index (κ3) is 4.54. The lowest BCUT2D eigenvalue weighted by molar-refractivity contribution is 0.0633. The molecule has 1 saturated carbocycles. The van der Waals surface area contributed by atoms with Gasteiger partial charge in [0.2, 0.25) is 5.82 Å². The van der Waals surface area contributed by atoms with Crippen LogP contribution in [0.2, 0.25) is 0 Å². The van der Waals surface area contributed by atoms with Gasteiger partial charge >= 0.3 is 0 Å². The average Bonchev–Trinajstić information content (AvgIpc) is 2.57. The average molecular weight is 448 g/mol. The van der Waals surface area contributed by atoms with Crippen LogP contribution in [0.15, 0.2) is 17.0 Å². The summed E-state index contributed by atoms with van der Waals surface area (Å²) < 4.78 is 73.2. The summed E-state index contributed by atoms with van der Waals surface area (Å²) in [5, 5.41) is -0.174. The van der Waals surface area contributed by atoms with Gasteiger partial charge in [0.25, 0.3) is 0 Å². The first-order valence-corrected chi connectivity index (χ1v) is 12.0. The van der Waals surface area contributed by atoms with Crippen molar-refractivity contribution >= 4 is 42.8 Å². The highest BCUT2D eigenvalue weighted by molar-refractivity contribution is 8.82. The van der Waals surface area contributed by atoms with E-state index in [4.69, 9.17) is 4.52 Å². The molecule has 2 rings (SSSR count). The van der Waals surface area contributed by atoms with Gasteiger partial charge in [-0.3, -0.25) is 0 Å². The van der Waals surface area contributed by atoms with Gasteiger partial charge in [-0.25, -0.2) is 22.0 Å². The van der Waals surface area contributed by atoms with E-state index in [-0.39, 0.29) is 5.25 Å². The number of hydrogen-bond donors (Lipinski definition) is 2. The van der Waals surface area contributed by atoms with E-state index in [2.05, 4.69) is 31.5 Å². The Hall–Kier alpha value is 0.0500. The van der Waals surface area contributed by atoms with E-state index in [1.54, 1.807) is 0 Å². The molecule has 0 bridgehead atoms. The zero-order chi connectivity index (χ0) is 19.8. The molecule has 1 aromatic carbocycles. The van der Waals surface area contributed by atoms with E-state index in [9.17, 15) is 22.0 Å². The monoisotopic (exact) mass is 448 g/mol. The molecule has 1 fully saturated rings. The van der Waals surface area contributed by atoms with Crippen LogP contribution in [0, 0.1) is 35.0 Å². The van der Waals surface area contributed by atoms with Gasteiger partial charge < -0.3 is 4.52 Å². The Balaban J connectivity index is 2.15. The first kappa shape index (κ1) is 22.3. The van der Waals surface area contributed by atoms with E-state index in [1.807, 2.05) is 13.8 Å². The molecule has 0 spiro atoms. The van der Waals surface area contributed by atoms with Crippen LogP contribution in [0.5, 0.6) is 0 Å². The van der Waals surface area contributed by atoms with Crippen molar-refractivity contribution in [1.82, 2.24) is 0 Å². The molecule has 0 N–H and O–H groups in total. The van der Waals surface area contributed by atoms with Crippen LogP contribution >= 0.6 is 42.8 Å². The molecule has 0 heterocycles. The van der Waals surface area contributed by atoms with Crippen molar-refractivity contribution in [2.75, 3.05) is 0 Å². The fourth-order valence-electron chi connectivity index (χ4n) is 2.76. The van der Waals surface area contributed by atoms with Crippen molar-refractivity contribution in [1.29, 1.82) is 0 Å². The highest BCUT2D eigenvalue weighted by Crippen LogP contribution is 2.63. The second kappa shape index (κ2) is 8.60. The maximum Gasteiger partial charge on any atom is 0.200 e. The van der Waals surface area contributed by atoms with Crippen molar-refractivity contribution in [3.63, 3.8) is 0 Å². The molecular weight excluding hydrogens is 430 g/mol. The third-order valence-corrected chi connectivity index (χ3v) is 8.77. The Morgan fingerprint density at radius 2 is 1.65 bits per heavy atom. The predicted octanol–water partition coefficient (Wildman–Crippen LogP) is 7.08. The molecule has 10 heteroatoms. The minimum Gasteiger partial charge on any atom is -0.331 e. The first-order chi connectivity index (χ1) is 12.0. The number of hydrogen-bond acceptors (Lipinski definition) is 4. The smallest absolute Gasteiger partial charge is 0.200 e. The summed E-state index contributed by atoms with van der Waals surface area (Å²) in [5.74, 6) is -9.60. The number of thiol groups is 2. The molecule has 1 aliphatic carbocycles. The van der Waals surface area contributed by atoms with Crippen LogP contribution in [0.25, 0.3) is 0 Å². The van der Waals surface area contributed by atoms with Crippen molar-refractivity contribution in [3.05, 3.63) is 41.2 Å². The number of allylic oxidation sites excluding steroid dienone is 1. The fraction of sp³-hybridized carbons (Fsp3) is 0.500. The summed E-state index contributed by atoms with van der Waals surface area (Å²) >= 11 is 9.14. The molecule has 1 nitrogen and oxygen atoms in total. The van der Waals surface area contributed by atoms with Crippen molar-refractivity contribution in [2.45, 2.75) is 48.9 Å². The Kier molecular flexibility index (Phi) is 7.39. The van der Waals surface area contributed by atoms with Gasteiger partial charge in [0.1, 0.15) is 0 Å². The highest BCUT2D eigenvalue weighted by atomic mass is 33.1.